The Labute approximate surface area is 148 Å². The third-order valence-corrected chi connectivity index (χ3v) is 3.86. The summed E-state index contributed by atoms with van der Waals surface area (Å²) in [5.74, 6) is 0.437. The van der Waals surface area contributed by atoms with Gasteiger partial charge in [0.1, 0.15) is 5.75 Å². The molecule has 2 amide bonds. The minimum absolute atomic E-state index is 0.0464. The number of benzene rings is 2. The Balaban J connectivity index is 2.02. The lowest BCUT2D eigenvalue weighted by Crippen LogP contribution is -2.19. The van der Waals surface area contributed by atoms with Crippen molar-refractivity contribution in [2.45, 2.75) is 32.8 Å². The van der Waals surface area contributed by atoms with Crippen molar-refractivity contribution in [3.05, 3.63) is 59.7 Å². The quantitative estimate of drug-likeness (QED) is 0.812. The van der Waals surface area contributed by atoms with Crippen LogP contribution in [0, 0.1) is 0 Å². The predicted molar refractivity (Wildman–Crippen MR) is 99.0 cm³/mol. The topological polar surface area (TPSA) is 67.4 Å². The summed E-state index contributed by atoms with van der Waals surface area (Å²) in [6.45, 7) is 4.04. The molecule has 25 heavy (non-hydrogen) atoms. The van der Waals surface area contributed by atoms with Gasteiger partial charge in [0.15, 0.2) is 0 Å². The highest BCUT2D eigenvalue weighted by molar-refractivity contribution is 6.04. The number of hydrogen-bond acceptors (Lipinski definition) is 3. The van der Waals surface area contributed by atoms with Gasteiger partial charge in [-0.05, 0) is 49.2 Å². The third kappa shape index (κ3) is 5.64. The first-order chi connectivity index (χ1) is 12.0. The van der Waals surface area contributed by atoms with Gasteiger partial charge >= 0.3 is 0 Å². The van der Waals surface area contributed by atoms with Gasteiger partial charge in [-0.15, -0.1) is 0 Å². The van der Waals surface area contributed by atoms with Crippen molar-refractivity contribution in [1.82, 2.24) is 5.32 Å². The first kappa shape index (κ1) is 18.5. The molecular weight excluding hydrogens is 316 g/mol. The van der Waals surface area contributed by atoms with E-state index in [1.165, 1.54) is 0 Å². The van der Waals surface area contributed by atoms with Crippen molar-refractivity contribution in [3.8, 4) is 5.75 Å². The minimum atomic E-state index is -0.200. The summed E-state index contributed by atoms with van der Waals surface area (Å²) >= 11 is 0. The van der Waals surface area contributed by atoms with Gasteiger partial charge in [-0.3, -0.25) is 9.59 Å². The summed E-state index contributed by atoms with van der Waals surface area (Å²) in [5.41, 5.74) is 2.11. The molecule has 0 aliphatic carbocycles. The van der Waals surface area contributed by atoms with Crippen LogP contribution in [-0.4, -0.2) is 25.0 Å². The molecule has 0 aromatic heterocycles. The molecule has 5 heteroatoms. The number of carbonyl (C=O) groups excluding carboxylic acids is 2. The van der Waals surface area contributed by atoms with E-state index in [2.05, 4.69) is 17.6 Å². The fourth-order valence-corrected chi connectivity index (χ4v) is 2.21. The number of hydrogen-bond donors (Lipinski definition) is 2. The summed E-state index contributed by atoms with van der Waals surface area (Å²) in [4.78, 5) is 23.8. The van der Waals surface area contributed by atoms with Gasteiger partial charge in [0.2, 0.25) is 5.91 Å². The van der Waals surface area contributed by atoms with Gasteiger partial charge in [0.05, 0.1) is 12.5 Å². The molecule has 2 N–H and O–H groups in total. The van der Waals surface area contributed by atoms with E-state index in [-0.39, 0.29) is 17.9 Å². The third-order valence-electron chi connectivity index (χ3n) is 3.86. The Hall–Kier alpha value is -2.82. The highest BCUT2D eigenvalue weighted by atomic mass is 16.5. The molecular formula is C20H24N2O3. The molecule has 0 heterocycles. The van der Waals surface area contributed by atoms with Crippen LogP contribution < -0.4 is 15.4 Å². The van der Waals surface area contributed by atoms with Crippen molar-refractivity contribution >= 4 is 17.5 Å². The Bertz CT molecular complexity index is 726. The average Bonchev–Trinajstić information content (AvgIpc) is 2.63. The molecule has 0 spiro atoms. The summed E-state index contributed by atoms with van der Waals surface area (Å²) in [7, 11) is 1.61. The second-order valence-electron chi connectivity index (χ2n) is 5.87. The van der Waals surface area contributed by atoms with Crippen molar-refractivity contribution in [1.29, 1.82) is 0 Å². The van der Waals surface area contributed by atoms with Crippen LogP contribution in [0.15, 0.2) is 48.5 Å². The maximum atomic E-state index is 12.4. The van der Waals surface area contributed by atoms with Crippen LogP contribution in [0.2, 0.25) is 0 Å². The fraction of sp³-hybridized carbons (Fsp3) is 0.300. The zero-order valence-corrected chi connectivity index (χ0v) is 14.8. The van der Waals surface area contributed by atoms with Crippen molar-refractivity contribution in [2.24, 2.45) is 0 Å². The Kier molecular flexibility index (Phi) is 6.57. The lowest BCUT2D eigenvalue weighted by Gasteiger charge is -2.13. The number of nitrogens with one attached hydrogen (secondary N) is 2. The summed E-state index contributed by atoms with van der Waals surface area (Å²) in [5, 5.41) is 5.44. The van der Waals surface area contributed by atoms with E-state index in [4.69, 9.17) is 4.74 Å². The molecule has 0 aliphatic rings. The lowest BCUT2D eigenvalue weighted by molar-refractivity contribution is -0.119. The predicted octanol–water partition coefficient (Wildman–Crippen LogP) is 3.40. The van der Waals surface area contributed by atoms with Crippen LogP contribution in [0.3, 0.4) is 0 Å². The van der Waals surface area contributed by atoms with Crippen molar-refractivity contribution < 1.29 is 14.3 Å². The maximum absolute atomic E-state index is 12.4. The summed E-state index contributed by atoms with van der Waals surface area (Å²) in [6, 6.07) is 14.4. The lowest BCUT2D eigenvalue weighted by atomic mass is 10.1. The molecule has 0 saturated heterocycles. The van der Waals surface area contributed by atoms with E-state index in [0.29, 0.717) is 23.4 Å². The number of ether oxygens (including phenoxy) is 1. The average molecular weight is 340 g/mol. The van der Waals surface area contributed by atoms with Crippen LogP contribution in [-0.2, 0) is 11.2 Å². The van der Waals surface area contributed by atoms with Gasteiger partial charge < -0.3 is 15.4 Å². The number of anilines is 1. The van der Waals surface area contributed by atoms with Gasteiger partial charge in [0, 0.05) is 18.3 Å². The van der Waals surface area contributed by atoms with Crippen LogP contribution in [0.25, 0.3) is 0 Å². The van der Waals surface area contributed by atoms with Crippen molar-refractivity contribution in [2.75, 3.05) is 12.4 Å². The highest BCUT2D eigenvalue weighted by Gasteiger charge is 2.09. The number of rotatable bonds is 7. The summed E-state index contributed by atoms with van der Waals surface area (Å²) < 4.78 is 5.75. The molecule has 132 valence electrons. The van der Waals surface area contributed by atoms with Gasteiger partial charge in [-0.2, -0.15) is 0 Å². The normalized spacial score (nSPS) is 11.5. The van der Waals surface area contributed by atoms with E-state index in [0.717, 1.165) is 12.0 Å². The molecule has 2 aromatic rings. The number of likely N-dealkylation sites (N-methyl/N-ethyl adjacent to an activating group) is 1. The van der Waals surface area contributed by atoms with Gasteiger partial charge in [-0.1, -0.05) is 25.1 Å². The Morgan fingerprint density at radius 3 is 2.48 bits per heavy atom. The van der Waals surface area contributed by atoms with Gasteiger partial charge in [0.25, 0.3) is 5.91 Å². The molecule has 5 nitrogen and oxygen atoms in total. The maximum Gasteiger partial charge on any atom is 0.255 e. The molecule has 0 radical (unpaired) electrons. The highest BCUT2D eigenvalue weighted by Crippen LogP contribution is 2.18. The van der Waals surface area contributed by atoms with Crippen molar-refractivity contribution in [3.63, 3.8) is 0 Å². The zero-order chi connectivity index (χ0) is 18.2. The second kappa shape index (κ2) is 8.87. The molecule has 0 bridgehead atoms. The van der Waals surface area contributed by atoms with E-state index in [9.17, 15) is 9.59 Å². The Morgan fingerprint density at radius 2 is 1.84 bits per heavy atom. The molecule has 2 aromatic carbocycles. The number of carbonyl (C=O) groups is 2. The van der Waals surface area contributed by atoms with E-state index < -0.39 is 0 Å². The first-order valence-electron chi connectivity index (χ1n) is 8.39. The minimum Gasteiger partial charge on any atom is -0.491 e. The molecule has 1 unspecified atom stereocenters. The fourth-order valence-electron chi connectivity index (χ4n) is 2.21. The molecule has 1 atom stereocenters. The smallest absolute Gasteiger partial charge is 0.255 e. The largest absolute Gasteiger partial charge is 0.491 e. The Morgan fingerprint density at radius 1 is 1.12 bits per heavy atom. The second-order valence-corrected chi connectivity index (χ2v) is 5.87. The monoisotopic (exact) mass is 340 g/mol. The molecule has 0 saturated carbocycles. The summed E-state index contributed by atoms with van der Waals surface area (Å²) in [6.07, 6.45) is 1.32. The van der Waals surface area contributed by atoms with E-state index in [1.807, 2.05) is 25.1 Å². The van der Waals surface area contributed by atoms with E-state index in [1.54, 1.807) is 37.4 Å². The standard InChI is InChI=1S/C20H24N2O3/c1-4-14(2)25-18-7-5-6-16(13-18)20(24)22-17-10-8-15(9-11-17)12-19(23)21-3/h5-11,13-14H,4,12H2,1-3H3,(H,21,23)(H,22,24). The van der Waals surface area contributed by atoms with Crippen LogP contribution in [0.5, 0.6) is 5.75 Å². The zero-order valence-electron chi connectivity index (χ0n) is 14.8. The molecule has 2 rings (SSSR count). The number of amides is 2. The SMILES string of the molecule is CCC(C)Oc1cccc(C(=O)Nc2ccc(CC(=O)NC)cc2)c1. The molecule has 0 aliphatic heterocycles. The van der Waals surface area contributed by atoms with Gasteiger partial charge in [-0.25, -0.2) is 0 Å². The van der Waals surface area contributed by atoms with E-state index >= 15 is 0 Å². The first-order valence-corrected chi connectivity index (χ1v) is 8.39. The van der Waals surface area contributed by atoms with Crippen LogP contribution in [0.1, 0.15) is 36.2 Å². The molecule has 0 fully saturated rings. The van der Waals surface area contributed by atoms with Crippen LogP contribution in [0.4, 0.5) is 5.69 Å². The van der Waals surface area contributed by atoms with Crippen LogP contribution >= 0.6 is 0 Å².